The summed E-state index contributed by atoms with van der Waals surface area (Å²) >= 11 is 0. The van der Waals surface area contributed by atoms with Gasteiger partial charge in [-0.2, -0.15) is 0 Å². The number of aliphatic hydroxyl groups is 1. The molecule has 0 radical (unpaired) electrons. The average molecular weight is 379 g/mol. The Morgan fingerprint density at radius 1 is 1.22 bits per heavy atom. The first-order valence-electron chi connectivity index (χ1n) is 10.6. The standard InChI is InChI=1S/C21H38N4O2/c1-4-8-18(11-14-26)15-23-21(22-5-2)24-16-19(25-12-6-7-13-25)20-10-9-17(3)27-20/h9-10,18-19,26H,4-8,11-16H2,1-3H3,(H2,22,23,24). The van der Waals surface area contributed by atoms with Crippen molar-refractivity contribution in [3.05, 3.63) is 23.7 Å². The Labute approximate surface area is 164 Å². The molecule has 0 aromatic carbocycles. The van der Waals surface area contributed by atoms with Crippen LogP contribution in [0.2, 0.25) is 0 Å². The van der Waals surface area contributed by atoms with Crippen molar-refractivity contribution in [3.63, 3.8) is 0 Å². The number of rotatable bonds is 11. The maximum absolute atomic E-state index is 9.26. The molecule has 0 saturated carbocycles. The molecule has 1 fully saturated rings. The summed E-state index contributed by atoms with van der Waals surface area (Å²) in [6.45, 7) is 11.1. The Kier molecular flexibility index (Phi) is 9.70. The Hall–Kier alpha value is -1.53. The number of aliphatic hydroxyl groups excluding tert-OH is 1. The average Bonchev–Trinajstić information content (AvgIpc) is 3.32. The second-order valence-electron chi connectivity index (χ2n) is 7.47. The van der Waals surface area contributed by atoms with Crippen LogP contribution in [0.4, 0.5) is 0 Å². The number of hydrogen-bond donors (Lipinski definition) is 3. The van der Waals surface area contributed by atoms with Crippen molar-refractivity contribution >= 4 is 5.96 Å². The van der Waals surface area contributed by atoms with Gasteiger partial charge in [0.15, 0.2) is 5.96 Å². The Bertz CT molecular complexity index is 546. The zero-order chi connectivity index (χ0) is 19.5. The van der Waals surface area contributed by atoms with Gasteiger partial charge in [0.25, 0.3) is 0 Å². The summed E-state index contributed by atoms with van der Waals surface area (Å²) in [6, 6.07) is 4.37. The number of hydrogen-bond acceptors (Lipinski definition) is 4. The first-order valence-corrected chi connectivity index (χ1v) is 10.6. The van der Waals surface area contributed by atoms with Crippen LogP contribution in [0.1, 0.15) is 63.5 Å². The van der Waals surface area contributed by atoms with Crippen LogP contribution in [0.5, 0.6) is 0 Å². The van der Waals surface area contributed by atoms with Crippen molar-refractivity contribution in [2.45, 2.75) is 58.9 Å². The molecule has 6 nitrogen and oxygen atoms in total. The first-order chi connectivity index (χ1) is 13.2. The minimum Gasteiger partial charge on any atom is -0.465 e. The molecule has 154 valence electrons. The third kappa shape index (κ3) is 7.18. The third-order valence-electron chi connectivity index (χ3n) is 5.22. The van der Waals surface area contributed by atoms with Gasteiger partial charge in [0.05, 0.1) is 6.04 Å². The molecule has 2 unspecified atom stereocenters. The molecule has 1 aromatic heterocycles. The first kappa shape index (κ1) is 21.8. The fourth-order valence-corrected chi connectivity index (χ4v) is 3.77. The largest absolute Gasteiger partial charge is 0.465 e. The van der Waals surface area contributed by atoms with Gasteiger partial charge in [0, 0.05) is 26.2 Å². The smallest absolute Gasteiger partial charge is 0.191 e. The van der Waals surface area contributed by atoms with E-state index in [-0.39, 0.29) is 12.6 Å². The van der Waals surface area contributed by atoms with E-state index in [4.69, 9.17) is 9.41 Å². The van der Waals surface area contributed by atoms with Gasteiger partial charge in [0.1, 0.15) is 11.5 Å². The lowest BCUT2D eigenvalue weighted by molar-refractivity contribution is 0.213. The van der Waals surface area contributed by atoms with Crippen molar-refractivity contribution in [1.82, 2.24) is 15.5 Å². The van der Waals surface area contributed by atoms with Crippen LogP contribution < -0.4 is 10.6 Å². The normalized spacial score (nSPS) is 17.9. The van der Waals surface area contributed by atoms with Crippen LogP contribution >= 0.6 is 0 Å². The molecule has 0 amide bonds. The van der Waals surface area contributed by atoms with E-state index in [1.165, 1.54) is 12.8 Å². The van der Waals surface area contributed by atoms with E-state index in [0.29, 0.717) is 5.92 Å². The Morgan fingerprint density at radius 2 is 2.00 bits per heavy atom. The summed E-state index contributed by atoms with van der Waals surface area (Å²) in [4.78, 5) is 7.28. The molecule has 1 saturated heterocycles. The van der Waals surface area contributed by atoms with E-state index >= 15 is 0 Å². The number of nitrogens with zero attached hydrogens (tertiary/aromatic N) is 2. The molecular formula is C21H38N4O2. The Morgan fingerprint density at radius 3 is 2.59 bits per heavy atom. The van der Waals surface area contributed by atoms with Crippen LogP contribution in [0.3, 0.4) is 0 Å². The maximum atomic E-state index is 9.26. The third-order valence-corrected chi connectivity index (χ3v) is 5.22. The fraction of sp³-hybridized carbons (Fsp3) is 0.762. The van der Waals surface area contributed by atoms with E-state index < -0.39 is 0 Å². The monoisotopic (exact) mass is 378 g/mol. The van der Waals surface area contributed by atoms with E-state index in [0.717, 1.165) is 69.5 Å². The minimum atomic E-state index is 0.230. The molecule has 0 bridgehead atoms. The van der Waals surface area contributed by atoms with Gasteiger partial charge in [0.2, 0.25) is 0 Å². The zero-order valence-electron chi connectivity index (χ0n) is 17.3. The van der Waals surface area contributed by atoms with Gasteiger partial charge in [-0.05, 0) is 70.7 Å². The quantitative estimate of drug-likeness (QED) is 0.408. The fourth-order valence-electron chi connectivity index (χ4n) is 3.77. The predicted octanol–water partition coefficient (Wildman–Crippen LogP) is 3.08. The molecule has 1 aliphatic rings. The van der Waals surface area contributed by atoms with Crippen molar-refractivity contribution in [2.24, 2.45) is 10.9 Å². The number of guanidine groups is 1. The highest BCUT2D eigenvalue weighted by molar-refractivity contribution is 5.79. The summed E-state index contributed by atoms with van der Waals surface area (Å²) in [5.41, 5.74) is 0. The number of aliphatic imine (C=N–C) groups is 1. The van der Waals surface area contributed by atoms with Crippen LogP contribution in [0, 0.1) is 12.8 Å². The van der Waals surface area contributed by atoms with Gasteiger partial charge in [-0.15, -0.1) is 0 Å². The minimum absolute atomic E-state index is 0.230. The molecule has 27 heavy (non-hydrogen) atoms. The molecule has 2 heterocycles. The van der Waals surface area contributed by atoms with Gasteiger partial charge < -0.3 is 20.2 Å². The van der Waals surface area contributed by atoms with Crippen LogP contribution in [0.25, 0.3) is 0 Å². The van der Waals surface area contributed by atoms with Crippen molar-refractivity contribution in [2.75, 3.05) is 39.3 Å². The molecule has 0 aliphatic carbocycles. The second-order valence-corrected chi connectivity index (χ2v) is 7.47. The molecule has 1 aliphatic heterocycles. The Balaban J connectivity index is 2.00. The number of aryl methyl sites for hydroxylation is 1. The highest BCUT2D eigenvalue weighted by atomic mass is 16.3. The lowest BCUT2D eigenvalue weighted by Crippen LogP contribution is -2.42. The van der Waals surface area contributed by atoms with Crippen LogP contribution in [-0.2, 0) is 0 Å². The van der Waals surface area contributed by atoms with Gasteiger partial charge in [-0.1, -0.05) is 13.3 Å². The summed E-state index contributed by atoms with van der Waals surface area (Å²) < 4.78 is 5.94. The molecule has 0 spiro atoms. The van der Waals surface area contributed by atoms with Crippen LogP contribution in [-0.4, -0.2) is 55.3 Å². The predicted molar refractivity (Wildman–Crippen MR) is 111 cm³/mol. The molecule has 1 aromatic rings. The zero-order valence-corrected chi connectivity index (χ0v) is 17.3. The highest BCUT2D eigenvalue weighted by Gasteiger charge is 2.26. The lowest BCUT2D eigenvalue weighted by Gasteiger charge is -2.27. The molecular weight excluding hydrogens is 340 g/mol. The van der Waals surface area contributed by atoms with E-state index in [1.54, 1.807) is 0 Å². The van der Waals surface area contributed by atoms with Crippen molar-refractivity contribution < 1.29 is 9.52 Å². The summed E-state index contributed by atoms with van der Waals surface area (Å²) in [5, 5.41) is 16.1. The number of nitrogens with one attached hydrogen (secondary N) is 2. The molecule has 6 heteroatoms. The summed E-state index contributed by atoms with van der Waals surface area (Å²) in [5.74, 6) is 3.28. The van der Waals surface area contributed by atoms with Crippen molar-refractivity contribution in [1.29, 1.82) is 0 Å². The molecule has 2 rings (SSSR count). The lowest BCUT2D eigenvalue weighted by atomic mass is 10.0. The molecule has 2 atom stereocenters. The van der Waals surface area contributed by atoms with E-state index in [2.05, 4.69) is 35.4 Å². The van der Waals surface area contributed by atoms with Gasteiger partial charge in [-0.25, -0.2) is 0 Å². The second kappa shape index (κ2) is 12.0. The maximum Gasteiger partial charge on any atom is 0.191 e. The summed E-state index contributed by atoms with van der Waals surface area (Å²) in [6.07, 6.45) is 5.55. The van der Waals surface area contributed by atoms with E-state index in [1.807, 2.05) is 13.0 Å². The van der Waals surface area contributed by atoms with Gasteiger partial charge in [-0.3, -0.25) is 9.89 Å². The van der Waals surface area contributed by atoms with E-state index in [9.17, 15) is 5.11 Å². The number of likely N-dealkylation sites (tertiary alicyclic amines) is 1. The number of furan rings is 1. The summed E-state index contributed by atoms with van der Waals surface area (Å²) in [7, 11) is 0. The highest BCUT2D eigenvalue weighted by Crippen LogP contribution is 2.26. The van der Waals surface area contributed by atoms with Crippen molar-refractivity contribution in [3.8, 4) is 0 Å². The SMILES string of the molecule is CCCC(CCO)CN=C(NCC)NCC(c1ccc(C)o1)N1CCCC1. The van der Waals surface area contributed by atoms with Crippen LogP contribution in [0.15, 0.2) is 21.5 Å². The van der Waals surface area contributed by atoms with Gasteiger partial charge >= 0.3 is 0 Å². The topological polar surface area (TPSA) is 73.0 Å². The molecule has 3 N–H and O–H groups in total.